The minimum absolute atomic E-state index is 0.0249. The van der Waals surface area contributed by atoms with Gasteiger partial charge in [-0.1, -0.05) is 15.9 Å². The molecule has 0 radical (unpaired) electrons. The van der Waals surface area contributed by atoms with Gasteiger partial charge in [0.2, 0.25) is 5.89 Å². The number of aromatic nitrogens is 2. The smallest absolute Gasteiger partial charge is 0.387 e. The standard InChI is InChI=1S/C16H9BrF4N2O3/c17-9-3-6-12(25-16(20)21)11(7-9)14-23-22-13(26-14)8-1-4-10(5-2-8)24-15(18)19/h1-7,15-16H. The molecule has 0 aliphatic heterocycles. The predicted octanol–water partition coefficient (Wildman–Crippen LogP) is 5.37. The topological polar surface area (TPSA) is 57.4 Å². The van der Waals surface area contributed by atoms with Crippen molar-refractivity contribution in [3.8, 4) is 34.4 Å². The van der Waals surface area contributed by atoms with Gasteiger partial charge in [-0.15, -0.1) is 10.2 Å². The molecule has 0 amide bonds. The van der Waals surface area contributed by atoms with E-state index < -0.39 is 13.2 Å². The Hall–Kier alpha value is -2.62. The molecule has 0 saturated heterocycles. The molecule has 26 heavy (non-hydrogen) atoms. The van der Waals surface area contributed by atoms with Crippen molar-refractivity contribution in [1.29, 1.82) is 0 Å². The zero-order valence-corrected chi connectivity index (χ0v) is 14.3. The summed E-state index contributed by atoms with van der Waals surface area (Å²) < 4.78 is 64.2. The van der Waals surface area contributed by atoms with E-state index in [0.717, 1.165) is 0 Å². The molecule has 0 unspecified atom stereocenters. The number of rotatable bonds is 6. The number of nitrogens with zero attached hydrogens (tertiary/aromatic N) is 2. The van der Waals surface area contributed by atoms with Crippen LogP contribution in [0.1, 0.15) is 0 Å². The first-order chi connectivity index (χ1) is 12.4. The Bertz CT molecular complexity index is 887. The molecule has 3 aromatic rings. The van der Waals surface area contributed by atoms with Gasteiger partial charge in [0, 0.05) is 10.0 Å². The van der Waals surface area contributed by atoms with Crippen LogP contribution in [0.2, 0.25) is 0 Å². The van der Waals surface area contributed by atoms with Gasteiger partial charge in [-0.25, -0.2) is 0 Å². The Labute approximate surface area is 152 Å². The molecule has 136 valence electrons. The van der Waals surface area contributed by atoms with Gasteiger partial charge in [-0.2, -0.15) is 17.6 Å². The van der Waals surface area contributed by atoms with Crippen molar-refractivity contribution < 1.29 is 31.5 Å². The maximum absolute atomic E-state index is 12.5. The SMILES string of the molecule is FC(F)Oc1ccc(-c2nnc(-c3cc(Br)ccc3OC(F)F)o2)cc1. The highest BCUT2D eigenvalue weighted by molar-refractivity contribution is 9.10. The maximum atomic E-state index is 12.5. The average Bonchev–Trinajstić information content (AvgIpc) is 3.06. The van der Waals surface area contributed by atoms with Gasteiger partial charge in [-0.05, 0) is 42.5 Å². The molecule has 0 saturated carbocycles. The van der Waals surface area contributed by atoms with Crippen LogP contribution in [0.4, 0.5) is 17.6 Å². The van der Waals surface area contributed by atoms with E-state index in [0.29, 0.717) is 10.0 Å². The number of halogens is 5. The van der Waals surface area contributed by atoms with E-state index in [9.17, 15) is 17.6 Å². The lowest BCUT2D eigenvalue weighted by Crippen LogP contribution is -2.03. The molecular weight excluding hydrogens is 424 g/mol. The lowest BCUT2D eigenvalue weighted by molar-refractivity contribution is -0.0503. The van der Waals surface area contributed by atoms with Crippen molar-refractivity contribution in [1.82, 2.24) is 10.2 Å². The van der Waals surface area contributed by atoms with Gasteiger partial charge in [-0.3, -0.25) is 0 Å². The molecule has 10 heteroatoms. The Morgan fingerprint density at radius 1 is 0.846 bits per heavy atom. The van der Waals surface area contributed by atoms with Crippen LogP contribution in [0, 0.1) is 0 Å². The number of ether oxygens (including phenoxy) is 2. The fourth-order valence-corrected chi connectivity index (χ4v) is 2.46. The Kier molecular flexibility index (Phi) is 5.40. The molecule has 0 spiro atoms. The van der Waals surface area contributed by atoms with Gasteiger partial charge >= 0.3 is 13.2 Å². The van der Waals surface area contributed by atoms with Crippen molar-refractivity contribution in [3.63, 3.8) is 0 Å². The van der Waals surface area contributed by atoms with Crippen LogP contribution in [0.15, 0.2) is 51.4 Å². The quantitative estimate of drug-likeness (QED) is 0.490. The molecule has 0 bridgehead atoms. The number of alkyl halides is 4. The maximum Gasteiger partial charge on any atom is 0.387 e. The molecule has 0 aliphatic carbocycles. The highest BCUT2D eigenvalue weighted by Crippen LogP contribution is 2.34. The molecule has 1 heterocycles. The molecule has 3 rings (SSSR count). The fraction of sp³-hybridized carbons (Fsp3) is 0.125. The summed E-state index contributed by atoms with van der Waals surface area (Å²) in [7, 11) is 0. The first-order valence-corrected chi connectivity index (χ1v) is 7.85. The van der Waals surface area contributed by atoms with E-state index in [4.69, 9.17) is 4.42 Å². The van der Waals surface area contributed by atoms with Crippen LogP contribution >= 0.6 is 15.9 Å². The minimum Gasteiger partial charge on any atom is -0.435 e. The van der Waals surface area contributed by atoms with E-state index in [1.807, 2.05) is 0 Å². The van der Waals surface area contributed by atoms with Crippen molar-refractivity contribution in [2.45, 2.75) is 13.2 Å². The molecule has 0 aliphatic rings. The van der Waals surface area contributed by atoms with E-state index in [2.05, 4.69) is 35.6 Å². The Morgan fingerprint density at radius 2 is 1.50 bits per heavy atom. The van der Waals surface area contributed by atoms with Gasteiger partial charge in [0.05, 0.1) is 5.56 Å². The van der Waals surface area contributed by atoms with Gasteiger partial charge < -0.3 is 13.9 Å². The van der Waals surface area contributed by atoms with Crippen LogP contribution in [0.5, 0.6) is 11.5 Å². The van der Waals surface area contributed by atoms with Gasteiger partial charge in [0.1, 0.15) is 11.5 Å². The molecule has 1 aromatic heterocycles. The number of hydrogen-bond donors (Lipinski definition) is 0. The van der Waals surface area contributed by atoms with Crippen molar-refractivity contribution in [3.05, 3.63) is 46.9 Å². The highest BCUT2D eigenvalue weighted by Gasteiger charge is 2.18. The van der Waals surface area contributed by atoms with Gasteiger partial charge in [0.15, 0.2) is 0 Å². The van der Waals surface area contributed by atoms with Crippen LogP contribution < -0.4 is 9.47 Å². The minimum atomic E-state index is -3.01. The summed E-state index contributed by atoms with van der Waals surface area (Å²) in [6.07, 6.45) is 0. The van der Waals surface area contributed by atoms with Crippen LogP contribution in [-0.2, 0) is 0 Å². The van der Waals surface area contributed by atoms with E-state index >= 15 is 0 Å². The summed E-state index contributed by atoms with van der Waals surface area (Å²) in [6.45, 7) is -5.94. The van der Waals surface area contributed by atoms with E-state index in [-0.39, 0.29) is 28.8 Å². The first kappa shape index (κ1) is 18.2. The molecule has 0 N–H and O–H groups in total. The van der Waals surface area contributed by atoms with E-state index in [1.54, 1.807) is 0 Å². The summed E-state index contributed by atoms with van der Waals surface area (Å²) in [5.41, 5.74) is 0.618. The molecular formula is C16H9BrF4N2O3. The Balaban J connectivity index is 1.89. The van der Waals surface area contributed by atoms with Crippen LogP contribution in [0.3, 0.4) is 0 Å². The summed E-state index contributed by atoms with van der Waals surface area (Å²) in [6, 6.07) is 9.89. The summed E-state index contributed by atoms with van der Waals surface area (Å²) in [5.74, 6) is -0.112. The number of hydrogen-bond acceptors (Lipinski definition) is 5. The largest absolute Gasteiger partial charge is 0.435 e. The second-order valence-corrected chi connectivity index (χ2v) is 5.75. The summed E-state index contributed by atoms with van der Waals surface area (Å²) in [5, 5.41) is 7.67. The van der Waals surface area contributed by atoms with E-state index in [1.165, 1.54) is 42.5 Å². The third kappa shape index (κ3) is 4.31. The zero-order valence-electron chi connectivity index (χ0n) is 12.7. The third-order valence-corrected chi connectivity index (χ3v) is 3.63. The molecule has 2 aromatic carbocycles. The second kappa shape index (κ2) is 7.73. The number of benzene rings is 2. The molecule has 0 atom stereocenters. The Morgan fingerprint density at radius 3 is 2.15 bits per heavy atom. The average molecular weight is 433 g/mol. The van der Waals surface area contributed by atoms with Gasteiger partial charge in [0.25, 0.3) is 5.89 Å². The lowest BCUT2D eigenvalue weighted by atomic mass is 10.2. The predicted molar refractivity (Wildman–Crippen MR) is 86.1 cm³/mol. The normalized spacial score (nSPS) is 11.2. The summed E-state index contributed by atoms with van der Waals surface area (Å²) in [4.78, 5) is 0. The lowest BCUT2D eigenvalue weighted by Gasteiger charge is -2.08. The first-order valence-electron chi connectivity index (χ1n) is 7.06. The monoisotopic (exact) mass is 432 g/mol. The summed E-state index contributed by atoms with van der Waals surface area (Å²) >= 11 is 3.23. The van der Waals surface area contributed by atoms with Crippen LogP contribution in [-0.4, -0.2) is 23.4 Å². The highest BCUT2D eigenvalue weighted by atomic mass is 79.9. The zero-order chi connectivity index (χ0) is 18.7. The fourth-order valence-electron chi connectivity index (χ4n) is 2.10. The van der Waals surface area contributed by atoms with Crippen LogP contribution in [0.25, 0.3) is 22.9 Å². The second-order valence-electron chi connectivity index (χ2n) is 4.83. The van der Waals surface area contributed by atoms with Crippen molar-refractivity contribution in [2.24, 2.45) is 0 Å². The molecule has 0 fully saturated rings. The van der Waals surface area contributed by atoms with Crippen molar-refractivity contribution >= 4 is 15.9 Å². The molecule has 5 nitrogen and oxygen atoms in total. The van der Waals surface area contributed by atoms with Crippen molar-refractivity contribution in [2.75, 3.05) is 0 Å². The third-order valence-electron chi connectivity index (χ3n) is 3.14.